The molecule has 2 heteroatoms. The fourth-order valence-corrected chi connectivity index (χ4v) is 0.740. The zero-order valence-corrected chi connectivity index (χ0v) is 7.36. The Morgan fingerprint density at radius 2 is 1.92 bits per heavy atom. The van der Waals surface area contributed by atoms with Crippen LogP contribution < -0.4 is 0 Å². The highest BCUT2D eigenvalue weighted by Gasteiger charge is 1.83. The first-order valence-corrected chi connectivity index (χ1v) is 3.85. The Kier molecular flexibility index (Phi) is 3.20. The van der Waals surface area contributed by atoms with Gasteiger partial charge >= 0.3 is 0 Å². The van der Waals surface area contributed by atoms with Crippen LogP contribution in [0.5, 0.6) is 0 Å². The second-order valence-electron chi connectivity index (χ2n) is 2.46. The van der Waals surface area contributed by atoms with E-state index in [1.54, 1.807) is 13.3 Å². The first-order chi connectivity index (χ1) is 5.83. The summed E-state index contributed by atoms with van der Waals surface area (Å²) in [5.41, 5.74) is 1.89. The van der Waals surface area contributed by atoms with Crippen LogP contribution in [0.4, 0.5) is 5.69 Å². The summed E-state index contributed by atoms with van der Waals surface area (Å²) >= 11 is 0. The van der Waals surface area contributed by atoms with Crippen LogP contribution in [0.3, 0.4) is 0 Å². The minimum Gasteiger partial charge on any atom is -0.292 e. The maximum absolute atomic E-state index is 4.22. The summed E-state index contributed by atoms with van der Waals surface area (Å²) in [4.78, 5) is 8.19. The van der Waals surface area contributed by atoms with Crippen molar-refractivity contribution in [3.05, 3.63) is 30.3 Å². The molecule has 12 heavy (non-hydrogen) atoms. The number of aliphatic imine (C=N–C) groups is 2. The molecule has 0 aliphatic carbocycles. The van der Waals surface area contributed by atoms with Gasteiger partial charge in [0.25, 0.3) is 0 Å². The molecule has 1 aromatic carbocycles. The molecule has 0 saturated heterocycles. The van der Waals surface area contributed by atoms with Crippen LogP contribution in [-0.4, -0.2) is 19.0 Å². The smallest absolute Gasteiger partial charge is 0.0630 e. The van der Waals surface area contributed by atoms with Gasteiger partial charge in [0.2, 0.25) is 0 Å². The van der Waals surface area contributed by atoms with E-state index in [0.29, 0.717) is 0 Å². The van der Waals surface area contributed by atoms with Gasteiger partial charge < -0.3 is 0 Å². The van der Waals surface area contributed by atoms with Crippen molar-refractivity contribution in [3.8, 4) is 0 Å². The van der Waals surface area contributed by atoms with Crippen LogP contribution in [-0.2, 0) is 0 Å². The molecule has 0 fully saturated rings. The van der Waals surface area contributed by atoms with Gasteiger partial charge in [-0.3, -0.25) is 9.98 Å². The lowest BCUT2D eigenvalue weighted by molar-refractivity contribution is 1.44. The Balaban J connectivity index is 2.70. The number of benzene rings is 1. The Hall–Kier alpha value is -1.44. The Morgan fingerprint density at radius 3 is 2.50 bits per heavy atom. The lowest BCUT2D eigenvalue weighted by Crippen LogP contribution is -1.89. The molecular formula is C10H12N2. The van der Waals surface area contributed by atoms with Crippen LogP contribution in [0.2, 0.25) is 0 Å². The molecule has 0 aliphatic heterocycles. The third-order valence-corrected chi connectivity index (χ3v) is 1.51. The number of rotatable bonds is 2. The first-order valence-electron chi connectivity index (χ1n) is 3.85. The second-order valence-corrected chi connectivity index (χ2v) is 2.46. The Morgan fingerprint density at radius 1 is 1.25 bits per heavy atom. The molecule has 0 aliphatic rings. The van der Waals surface area contributed by atoms with Crippen LogP contribution in [0, 0.1) is 0 Å². The first kappa shape index (κ1) is 8.65. The standard InChI is InChI=1S/C10H12N2/c1-9(11-2)8-12-10-6-4-3-5-7-10/h3-8H,1-2H3. The molecule has 0 radical (unpaired) electrons. The van der Waals surface area contributed by atoms with Crippen molar-refractivity contribution in [3.63, 3.8) is 0 Å². The molecule has 62 valence electrons. The molecule has 0 heterocycles. The van der Waals surface area contributed by atoms with E-state index in [0.717, 1.165) is 11.4 Å². The van der Waals surface area contributed by atoms with E-state index in [-0.39, 0.29) is 0 Å². The van der Waals surface area contributed by atoms with Crippen molar-refractivity contribution in [2.24, 2.45) is 9.98 Å². The van der Waals surface area contributed by atoms with Crippen molar-refractivity contribution < 1.29 is 0 Å². The van der Waals surface area contributed by atoms with Gasteiger partial charge in [-0.25, -0.2) is 0 Å². The fourth-order valence-electron chi connectivity index (χ4n) is 0.740. The summed E-state index contributed by atoms with van der Waals surface area (Å²) in [5.74, 6) is 0. The minimum atomic E-state index is 0.929. The van der Waals surface area contributed by atoms with Gasteiger partial charge in [0.15, 0.2) is 0 Å². The summed E-state index contributed by atoms with van der Waals surface area (Å²) in [7, 11) is 1.76. The Bertz CT molecular complexity index is 286. The fraction of sp³-hybridized carbons (Fsp3) is 0.200. The molecule has 0 bridgehead atoms. The van der Waals surface area contributed by atoms with Crippen LogP contribution in [0.15, 0.2) is 40.3 Å². The Labute approximate surface area is 72.7 Å². The predicted molar refractivity (Wildman–Crippen MR) is 53.6 cm³/mol. The highest BCUT2D eigenvalue weighted by molar-refractivity contribution is 6.29. The summed E-state index contributed by atoms with van der Waals surface area (Å²) < 4.78 is 0. The van der Waals surface area contributed by atoms with Crippen LogP contribution in [0.25, 0.3) is 0 Å². The molecular weight excluding hydrogens is 148 g/mol. The average Bonchev–Trinajstić information content (AvgIpc) is 2.16. The monoisotopic (exact) mass is 160 g/mol. The molecule has 2 nitrogen and oxygen atoms in total. The maximum Gasteiger partial charge on any atom is 0.0630 e. The van der Waals surface area contributed by atoms with E-state index in [4.69, 9.17) is 0 Å². The van der Waals surface area contributed by atoms with E-state index in [1.165, 1.54) is 0 Å². The van der Waals surface area contributed by atoms with Crippen molar-refractivity contribution in [1.82, 2.24) is 0 Å². The predicted octanol–water partition coefficient (Wildman–Crippen LogP) is 2.48. The van der Waals surface area contributed by atoms with E-state index in [2.05, 4.69) is 9.98 Å². The molecule has 0 amide bonds. The summed E-state index contributed by atoms with van der Waals surface area (Å²) in [5, 5.41) is 0. The summed E-state index contributed by atoms with van der Waals surface area (Å²) in [6, 6.07) is 9.81. The van der Waals surface area contributed by atoms with E-state index < -0.39 is 0 Å². The third kappa shape index (κ3) is 2.66. The molecule has 0 unspecified atom stereocenters. The third-order valence-electron chi connectivity index (χ3n) is 1.51. The molecule has 0 atom stereocenters. The molecule has 0 aromatic heterocycles. The summed E-state index contributed by atoms with van der Waals surface area (Å²) in [6.07, 6.45) is 1.76. The van der Waals surface area contributed by atoms with Gasteiger partial charge in [-0.05, 0) is 19.1 Å². The number of para-hydroxylation sites is 1. The van der Waals surface area contributed by atoms with E-state index >= 15 is 0 Å². The van der Waals surface area contributed by atoms with Gasteiger partial charge in [0.05, 0.1) is 5.69 Å². The summed E-state index contributed by atoms with van der Waals surface area (Å²) in [6.45, 7) is 1.92. The number of hydrogen-bond donors (Lipinski definition) is 0. The van der Waals surface area contributed by atoms with Crippen molar-refractivity contribution in [2.45, 2.75) is 6.92 Å². The largest absolute Gasteiger partial charge is 0.292 e. The van der Waals surface area contributed by atoms with E-state index in [9.17, 15) is 0 Å². The van der Waals surface area contributed by atoms with Gasteiger partial charge in [-0.15, -0.1) is 0 Å². The molecule has 0 spiro atoms. The van der Waals surface area contributed by atoms with E-state index in [1.807, 2.05) is 37.3 Å². The van der Waals surface area contributed by atoms with Gasteiger partial charge in [-0.1, -0.05) is 18.2 Å². The number of nitrogens with zero attached hydrogens (tertiary/aromatic N) is 2. The van der Waals surface area contributed by atoms with Gasteiger partial charge in [-0.2, -0.15) is 0 Å². The molecule has 1 aromatic rings. The zero-order chi connectivity index (χ0) is 8.81. The normalized spacial score (nSPS) is 12.3. The zero-order valence-electron chi connectivity index (χ0n) is 7.36. The van der Waals surface area contributed by atoms with Crippen LogP contribution in [0.1, 0.15) is 6.92 Å². The SMILES string of the molecule is CN=C(C)C=Nc1ccccc1. The van der Waals surface area contributed by atoms with Crippen LogP contribution >= 0.6 is 0 Å². The van der Waals surface area contributed by atoms with Crippen molar-refractivity contribution in [1.29, 1.82) is 0 Å². The van der Waals surface area contributed by atoms with Gasteiger partial charge in [0.1, 0.15) is 0 Å². The van der Waals surface area contributed by atoms with Crippen molar-refractivity contribution in [2.75, 3.05) is 7.05 Å². The average molecular weight is 160 g/mol. The minimum absolute atomic E-state index is 0.929. The quantitative estimate of drug-likeness (QED) is 0.594. The van der Waals surface area contributed by atoms with Gasteiger partial charge in [0, 0.05) is 19.0 Å². The lowest BCUT2D eigenvalue weighted by atomic mass is 10.3. The highest BCUT2D eigenvalue weighted by atomic mass is 14.8. The topological polar surface area (TPSA) is 24.7 Å². The molecule has 0 N–H and O–H groups in total. The second kappa shape index (κ2) is 4.44. The lowest BCUT2D eigenvalue weighted by Gasteiger charge is -1.90. The highest BCUT2D eigenvalue weighted by Crippen LogP contribution is 2.07. The molecule has 0 saturated carbocycles. The number of hydrogen-bond acceptors (Lipinski definition) is 2. The molecule has 1 rings (SSSR count). The van der Waals surface area contributed by atoms with Crippen molar-refractivity contribution >= 4 is 17.6 Å². The maximum atomic E-state index is 4.22.